The Hall–Kier alpha value is -4.69. The summed E-state index contributed by atoms with van der Waals surface area (Å²) in [5, 5.41) is 15.4. The number of ether oxygens (including phenoxy) is 1. The Bertz CT molecular complexity index is 1850. The standard InChI is InChI=1S/C30H27F3N4O6S/c1-43-20-11-12-24(23(17-20)28(39)34-14-16-38)37-26-22(27(35-37)30(31,32)33)13-15-36(29(26)40)19-9-7-18(8-10-19)21-5-3-4-6-25(21)44(2,41)42/h3-12,17,38H,13-16H2,1-2H3,(H,34,39). The lowest BCUT2D eigenvalue weighted by Gasteiger charge is -2.28. The SMILES string of the molecule is COc1ccc(-n2nc(C(F)(F)F)c3c2C(=O)N(c2ccc(-c4ccccc4S(C)(=O)=O)cc2)CC3)c(C(=O)NCCO)c1. The van der Waals surface area contributed by atoms with Crippen LogP contribution in [0.15, 0.2) is 71.6 Å². The average molecular weight is 629 g/mol. The highest BCUT2D eigenvalue weighted by molar-refractivity contribution is 7.90. The summed E-state index contributed by atoms with van der Waals surface area (Å²) >= 11 is 0. The summed E-state index contributed by atoms with van der Waals surface area (Å²) in [6, 6.07) is 17.0. The number of halogens is 3. The summed E-state index contributed by atoms with van der Waals surface area (Å²) in [5.41, 5.74) is -0.670. The number of fused-ring (bicyclic) bond motifs is 1. The lowest BCUT2D eigenvalue weighted by Crippen LogP contribution is -2.39. The van der Waals surface area contributed by atoms with Gasteiger partial charge in [-0.3, -0.25) is 9.59 Å². The van der Waals surface area contributed by atoms with Gasteiger partial charge in [0.05, 0.1) is 29.9 Å². The van der Waals surface area contributed by atoms with Crippen molar-refractivity contribution >= 4 is 27.3 Å². The van der Waals surface area contributed by atoms with Gasteiger partial charge < -0.3 is 20.1 Å². The molecule has 0 radical (unpaired) electrons. The number of anilines is 1. The van der Waals surface area contributed by atoms with Crippen LogP contribution in [0, 0.1) is 0 Å². The lowest BCUT2D eigenvalue weighted by molar-refractivity contribution is -0.141. The van der Waals surface area contributed by atoms with Crippen molar-refractivity contribution in [3.8, 4) is 22.6 Å². The second kappa shape index (κ2) is 11.8. The second-order valence-corrected chi connectivity index (χ2v) is 12.0. The highest BCUT2D eigenvalue weighted by Gasteiger charge is 2.43. The molecule has 4 aromatic rings. The van der Waals surface area contributed by atoms with Crippen molar-refractivity contribution in [1.29, 1.82) is 0 Å². The molecule has 0 saturated carbocycles. The van der Waals surface area contributed by atoms with E-state index in [-0.39, 0.29) is 59.3 Å². The summed E-state index contributed by atoms with van der Waals surface area (Å²) in [6.07, 6.45) is -3.94. The van der Waals surface area contributed by atoms with Crippen molar-refractivity contribution in [2.24, 2.45) is 0 Å². The normalized spacial score (nSPS) is 13.5. The molecule has 1 aromatic heterocycles. The van der Waals surface area contributed by atoms with E-state index in [0.717, 1.165) is 10.9 Å². The van der Waals surface area contributed by atoms with E-state index in [9.17, 15) is 31.2 Å². The molecule has 0 bridgehead atoms. The van der Waals surface area contributed by atoms with Gasteiger partial charge >= 0.3 is 6.18 Å². The van der Waals surface area contributed by atoms with Gasteiger partial charge in [0.1, 0.15) is 11.4 Å². The fraction of sp³-hybridized carbons (Fsp3) is 0.233. The maximum Gasteiger partial charge on any atom is 0.435 e. The first-order valence-corrected chi connectivity index (χ1v) is 15.2. The predicted molar refractivity (Wildman–Crippen MR) is 155 cm³/mol. The number of aliphatic hydroxyl groups is 1. The van der Waals surface area contributed by atoms with Crippen LogP contribution in [-0.2, 0) is 22.4 Å². The van der Waals surface area contributed by atoms with Gasteiger partial charge in [0.25, 0.3) is 11.8 Å². The van der Waals surface area contributed by atoms with Crippen molar-refractivity contribution in [1.82, 2.24) is 15.1 Å². The van der Waals surface area contributed by atoms with Crippen molar-refractivity contribution in [2.75, 3.05) is 38.0 Å². The zero-order valence-electron chi connectivity index (χ0n) is 23.6. The van der Waals surface area contributed by atoms with Crippen molar-refractivity contribution in [2.45, 2.75) is 17.5 Å². The summed E-state index contributed by atoms with van der Waals surface area (Å²) in [7, 11) is -2.17. The third-order valence-electron chi connectivity index (χ3n) is 7.14. The monoisotopic (exact) mass is 628 g/mol. The average Bonchev–Trinajstić information content (AvgIpc) is 3.41. The topological polar surface area (TPSA) is 131 Å². The fourth-order valence-corrected chi connectivity index (χ4v) is 6.04. The van der Waals surface area contributed by atoms with Gasteiger partial charge in [-0.05, 0) is 48.4 Å². The van der Waals surface area contributed by atoms with Crippen LogP contribution < -0.4 is 15.0 Å². The Morgan fingerprint density at radius 1 is 1.09 bits per heavy atom. The fourth-order valence-electron chi connectivity index (χ4n) is 5.13. The number of hydrogen-bond donors (Lipinski definition) is 2. The smallest absolute Gasteiger partial charge is 0.435 e. The van der Waals surface area contributed by atoms with Crippen molar-refractivity contribution in [3.05, 3.63) is 89.2 Å². The van der Waals surface area contributed by atoms with Crippen LogP contribution in [0.3, 0.4) is 0 Å². The van der Waals surface area contributed by atoms with Crippen LogP contribution in [0.4, 0.5) is 18.9 Å². The van der Waals surface area contributed by atoms with Crippen LogP contribution >= 0.6 is 0 Å². The second-order valence-electron chi connectivity index (χ2n) is 9.97. The third kappa shape index (κ3) is 5.77. The zero-order valence-corrected chi connectivity index (χ0v) is 24.4. The van der Waals surface area contributed by atoms with E-state index in [4.69, 9.17) is 9.84 Å². The van der Waals surface area contributed by atoms with E-state index >= 15 is 0 Å². The maximum absolute atomic E-state index is 14.1. The molecular weight excluding hydrogens is 601 g/mol. The molecule has 3 aromatic carbocycles. The molecule has 14 heteroatoms. The first-order chi connectivity index (χ1) is 20.8. The molecule has 0 saturated heterocycles. The first kappa shape index (κ1) is 30.8. The zero-order chi connectivity index (χ0) is 31.8. The molecule has 1 aliphatic heterocycles. The van der Waals surface area contributed by atoms with Crippen LogP contribution in [0.25, 0.3) is 16.8 Å². The number of amides is 2. The number of carbonyl (C=O) groups excluding carboxylic acids is 2. The molecule has 0 unspecified atom stereocenters. The summed E-state index contributed by atoms with van der Waals surface area (Å²) in [6.45, 7) is -0.559. The van der Waals surface area contributed by atoms with Crippen LogP contribution in [-0.4, -0.2) is 68.2 Å². The highest BCUT2D eigenvalue weighted by atomic mass is 32.2. The number of rotatable bonds is 8. The molecular formula is C30H27F3N4O6S. The van der Waals surface area contributed by atoms with Crippen LogP contribution in [0.1, 0.15) is 32.1 Å². The Labute approximate surface area is 250 Å². The molecule has 0 aliphatic carbocycles. The molecule has 230 valence electrons. The highest BCUT2D eigenvalue weighted by Crippen LogP contribution is 2.38. The number of nitrogens with one attached hydrogen (secondary N) is 1. The minimum absolute atomic E-state index is 0.0770. The van der Waals surface area contributed by atoms with Gasteiger partial charge in [0.2, 0.25) is 0 Å². The Kier molecular flexibility index (Phi) is 8.23. The molecule has 2 amide bonds. The van der Waals surface area contributed by atoms with Crippen LogP contribution in [0.2, 0.25) is 0 Å². The van der Waals surface area contributed by atoms with E-state index < -0.39 is 33.5 Å². The molecule has 0 fully saturated rings. The number of hydrogen-bond acceptors (Lipinski definition) is 7. The van der Waals surface area contributed by atoms with E-state index in [1.165, 1.54) is 36.3 Å². The number of alkyl halides is 3. The molecule has 0 atom stereocenters. The number of nitrogens with zero attached hydrogens (tertiary/aromatic N) is 3. The van der Waals surface area contributed by atoms with E-state index in [1.807, 2.05) is 0 Å². The Balaban J connectivity index is 1.59. The number of carbonyl (C=O) groups is 2. The minimum atomic E-state index is -4.88. The summed E-state index contributed by atoms with van der Waals surface area (Å²) in [4.78, 5) is 28.3. The quantitative estimate of drug-likeness (QED) is 0.303. The molecule has 5 rings (SSSR count). The van der Waals surface area contributed by atoms with Gasteiger partial charge in [0.15, 0.2) is 15.5 Å². The van der Waals surface area contributed by atoms with E-state index in [1.54, 1.807) is 42.5 Å². The number of methoxy groups -OCH3 is 1. The van der Waals surface area contributed by atoms with Crippen LogP contribution in [0.5, 0.6) is 5.75 Å². The lowest BCUT2D eigenvalue weighted by atomic mass is 10.0. The number of benzene rings is 3. The third-order valence-corrected chi connectivity index (χ3v) is 8.29. The molecule has 0 spiro atoms. The minimum Gasteiger partial charge on any atom is -0.497 e. The van der Waals surface area contributed by atoms with Crippen molar-refractivity contribution < 1.29 is 41.0 Å². The molecule has 2 heterocycles. The Morgan fingerprint density at radius 3 is 2.43 bits per heavy atom. The first-order valence-electron chi connectivity index (χ1n) is 13.3. The maximum atomic E-state index is 14.1. The molecule has 1 aliphatic rings. The van der Waals surface area contributed by atoms with Crippen molar-refractivity contribution in [3.63, 3.8) is 0 Å². The van der Waals surface area contributed by atoms with Gasteiger partial charge in [-0.25, -0.2) is 13.1 Å². The van der Waals surface area contributed by atoms with Gasteiger partial charge in [-0.2, -0.15) is 18.3 Å². The molecule has 44 heavy (non-hydrogen) atoms. The Morgan fingerprint density at radius 2 is 1.80 bits per heavy atom. The molecule has 2 N–H and O–H groups in total. The largest absolute Gasteiger partial charge is 0.497 e. The van der Waals surface area contributed by atoms with E-state index in [2.05, 4.69) is 10.4 Å². The van der Waals surface area contributed by atoms with Gasteiger partial charge in [-0.15, -0.1) is 0 Å². The number of sulfone groups is 1. The van der Waals surface area contributed by atoms with Gasteiger partial charge in [0, 0.05) is 36.2 Å². The number of aromatic nitrogens is 2. The molecule has 10 nitrogen and oxygen atoms in total. The summed E-state index contributed by atoms with van der Waals surface area (Å²) in [5.74, 6) is -1.24. The predicted octanol–water partition coefficient (Wildman–Crippen LogP) is 3.90. The van der Waals surface area contributed by atoms with E-state index in [0.29, 0.717) is 16.8 Å². The van der Waals surface area contributed by atoms with Gasteiger partial charge in [-0.1, -0.05) is 30.3 Å². The summed E-state index contributed by atoms with van der Waals surface area (Å²) < 4.78 is 73.0. The number of aliphatic hydroxyl groups excluding tert-OH is 1.